The number of fused-ring (bicyclic) bond motifs is 1. The molecular weight excluding hydrogens is 384 g/mol. The van der Waals surface area contributed by atoms with Gasteiger partial charge in [-0.05, 0) is 13.3 Å². The molecule has 3 aliphatic rings. The number of amides is 3. The Balaban J connectivity index is 1.78. The average molecular weight is 410 g/mol. The van der Waals surface area contributed by atoms with E-state index in [0.717, 1.165) is 0 Å². The van der Waals surface area contributed by atoms with Crippen LogP contribution in [0, 0.1) is 11.8 Å². The van der Waals surface area contributed by atoms with Crippen LogP contribution in [0.15, 0.2) is 10.6 Å². The number of nitrogens with zero attached hydrogens (tertiary/aromatic N) is 2. The Morgan fingerprint density at radius 1 is 1.43 bits per heavy atom. The monoisotopic (exact) mass is 410 g/mol. The van der Waals surface area contributed by atoms with E-state index in [0.29, 0.717) is 24.3 Å². The van der Waals surface area contributed by atoms with Crippen LogP contribution in [-0.2, 0) is 19.2 Å². The van der Waals surface area contributed by atoms with Crippen molar-refractivity contribution in [3.05, 3.63) is 10.6 Å². The van der Waals surface area contributed by atoms with E-state index in [1.54, 1.807) is 25.9 Å². The molecule has 3 heterocycles. The van der Waals surface area contributed by atoms with E-state index in [4.69, 9.17) is 0 Å². The minimum Gasteiger partial charge on any atom is -0.477 e. The third-order valence-corrected chi connectivity index (χ3v) is 7.30. The van der Waals surface area contributed by atoms with Crippen molar-refractivity contribution in [1.29, 1.82) is 0 Å². The number of nitrogens with one attached hydrogen (secondary N) is 2. The van der Waals surface area contributed by atoms with Crippen molar-refractivity contribution in [2.75, 3.05) is 20.6 Å². The zero-order valence-corrected chi connectivity index (χ0v) is 17.2. The molecule has 3 aliphatic heterocycles. The van der Waals surface area contributed by atoms with Crippen LogP contribution in [0.25, 0.3) is 0 Å². The van der Waals surface area contributed by atoms with E-state index < -0.39 is 11.9 Å². The molecule has 6 atom stereocenters. The van der Waals surface area contributed by atoms with Crippen molar-refractivity contribution < 1.29 is 24.3 Å². The van der Waals surface area contributed by atoms with Crippen LogP contribution < -0.4 is 10.6 Å². The second-order valence-corrected chi connectivity index (χ2v) is 9.12. The highest BCUT2D eigenvalue weighted by atomic mass is 32.2. The maximum Gasteiger partial charge on any atom is 0.353 e. The van der Waals surface area contributed by atoms with Gasteiger partial charge in [0.1, 0.15) is 5.70 Å². The third kappa shape index (κ3) is 3.28. The maximum absolute atomic E-state index is 12.6. The summed E-state index contributed by atoms with van der Waals surface area (Å²) in [6, 6.07) is -0.901. The Morgan fingerprint density at radius 2 is 2.11 bits per heavy atom. The minimum atomic E-state index is -1.12. The lowest BCUT2D eigenvalue weighted by molar-refractivity contribution is -0.158. The summed E-state index contributed by atoms with van der Waals surface area (Å²) in [5.74, 6) is -1.96. The Bertz CT molecular complexity index is 739. The fraction of sp³-hybridized carbons (Fsp3) is 0.667. The lowest BCUT2D eigenvalue weighted by atomic mass is 9.78. The number of carboxylic acid groups (broad SMARTS) is 1. The molecule has 2 fully saturated rings. The van der Waals surface area contributed by atoms with Crippen molar-refractivity contribution in [1.82, 2.24) is 20.4 Å². The number of carboxylic acids is 1. The molecule has 2 saturated heterocycles. The number of carbonyl (C=O) groups is 4. The van der Waals surface area contributed by atoms with Crippen molar-refractivity contribution in [3.63, 3.8) is 0 Å². The van der Waals surface area contributed by atoms with Gasteiger partial charge in [0.15, 0.2) is 0 Å². The maximum atomic E-state index is 12.6. The van der Waals surface area contributed by atoms with Crippen LogP contribution >= 0.6 is 11.8 Å². The summed E-state index contributed by atoms with van der Waals surface area (Å²) in [6.45, 7) is 4.28. The van der Waals surface area contributed by atoms with Crippen LogP contribution in [0.2, 0.25) is 0 Å². The van der Waals surface area contributed by atoms with Crippen LogP contribution in [0.5, 0.6) is 0 Å². The summed E-state index contributed by atoms with van der Waals surface area (Å²) in [7, 11) is 3.42. The lowest BCUT2D eigenvalue weighted by Gasteiger charge is -2.47. The Kier molecular flexibility index (Phi) is 5.72. The summed E-state index contributed by atoms with van der Waals surface area (Å²) in [5.41, 5.74) is 0.0458. The van der Waals surface area contributed by atoms with Gasteiger partial charge in [-0.25, -0.2) is 4.79 Å². The average Bonchev–Trinajstić information content (AvgIpc) is 3.17. The molecule has 0 aromatic rings. The molecule has 9 nitrogen and oxygen atoms in total. The summed E-state index contributed by atoms with van der Waals surface area (Å²) in [6.07, 6.45) is 1.17. The number of thioether (sulfide) groups is 1. The zero-order chi connectivity index (χ0) is 20.7. The normalized spacial score (nSPS) is 32.6. The van der Waals surface area contributed by atoms with Gasteiger partial charge in [-0.15, -0.1) is 11.8 Å². The van der Waals surface area contributed by atoms with Gasteiger partial charge in [0.25, 0.3) is 0 Å². The molecule has 3 rings (SSSR count). The molecule has 3 amide bonds. The summed E-state index contributed by atoms with van der Waals surface area (Å²) in [4.78, 5) is 51.0. The topological polar surface area (TPSA) is 119 Å². The van der Waals surface area contributed by atoms with Crippen molar-refractivity contribution in [3.8, 4) is 0 Å². The van der Waals surface area contributed by atoms with E-state index in [2.05, 4.69) is 10.6 Å². The highest BCUT2D eigenvalue weighted by Crippen LogP contribution is 2.51. The first-order chi connectivity index (χ1) is 13.2. The van der Waals surface area contributed by atoms with Gasteiger partial charge in [-0.3, -0.25) is 14.4 Å². The lowest BCUT2D eigenvalue weighted by Crippen LogP contribution is -2.65. The van der Waals surface area contributed by atoms with Gasteiger partial charge in [0.05, 0.1) is 18.0 Å². The van der Waals surface area contributed by atoms with E-state index in [1.165, 1.54) is 16.7 Å². The second-order valence-electron chi connectivity index (χ2n) is 7.77. The number of hydrogen-bond acceptors (Lipinski definition) is 6. The Labute approximate surface area is 167 Å². The second kappa shape index (κ2) is 7.75. The van der Waals surface area contributed by atoms with Gasteiger partial charge in [-0.2, -0.15) is 0 Å². The molecule has 0 unspecified atom stereocenters. The zero-order valence-electron chi connectivity index (χ0n) is 16.3. The van der Waals surface area contributed by atoms with E-state index in [1.807, 2.05) is 6.92 Å². The van der Waals surface area contributed by atoms with Crippen LogP contribution in [0.1, 0.15) is 20.3 Å². The molecule has 0 radical (unpaired) electrons. The largest absolute Gasteiger partial charge is 0.477 e. The van der Waals surface area contributed by atoms with Crippen molar-refractivity contribution >= 4 is 36.0 Å². The fourth-order valence-corrected chi connectivity index (χ4v) is 5.86. The smallest absolute Gasteiger partial charge is 0.353 e. The van der Waals surface area contributed by atoms with Crippen molar-refractivity contribution in [2.24, 2.45) is 11.8 Å². The first-order valence-corrected chi connectivity index (χ1v) is 10.2. The Hall–Kier alpha value is -2.07. The molecular formula is C18H26N4O5S. The van der Waals surface area contributed by atoms with Crippen LogP contribution in [0.3, 0.4) is 0 Å². The SMILES string of the molecule is C[C@@H](NC=O)[C@H]1C(=O)N2C(C(=O)O)=C(S[C@@H]3CN[C@H](C(=O)N(C)C)C3)[C@H](C)[C@H]12. The molecule has 0 aliphatic carbocycles. The number of aliphatic carboxylic acids is 1. The molecule has 0 bridgehead atoms. The fourth-order valence-electron chi connectivity index (χ4n) is 4.38. The standard InChI is InChI=1S/C18H26N4O5S/c1-8-13-12(9(2)20-7-23)17(25)22(13)14(18(26)27)15(8)28-10-5-11(19-6-10)16(24)21(3)4/h7-13,19H,5-6H2,1-4H3,(H,20,23)(H,26,27)/t8-,9-,10+,11+,12-,13-/m1/s1. The number of β-lactam (4-membered cyclic amide) rings is 1. The summed E-state index contributed by atoms with van der Waals surface area (Å²) < 4.78 is 0. The predicted molar refractivity (Wildman–Crippen MR) is 103 cm³/mol. The van der Waals surface area contributed by atoms with E-state index in [-0.39, 0.29) is 46.8 Å². The van der Waals surface area contributed by atoms with Gasteiger partial charge in [0, 0.05) is 42.8 Å². The Morgan fingerprint density at radius 3 is 2.68 bits per heavy atom. The van der Waals surface area contributed by atoms with Crippen molar-refractivity contribution in [2.45, 2.75) is 43.6 Å². The van der Waals surface area contributed by atoms with Gasteiger partial charge >= 0.3 is 5.97 Å². The first kappa shape index (κ1) is 20.7. The third-order valence-electron chi connectivity index (χ3n) is 5.78. The van der Waals surface area contributed by atoms with Gasteiger partial charge < -0.3 is 25.5 Å². The predicted octanol–water partition coefficient (Wildman–Crippen LogP) is -0.554. The highest BCUT2D eigenvalue weighted by molar-refractivity contribution is 8.03. The molecule has 0 spiro atoms. The molecule has 0 aromatic heterocycles. The number of carbonyl (C=O) groups excluding carboxylic acids is 3. The first-order valence-electron chi connectivity index (χ1n) is 9.30. The molecule has 0 aromatic carbocycles. The quantitative estimate of drug-likeness (QED) is 0.380. The summed E-state index contributed by atoms with van der Waals surface area (Å²) in [5, 5.41) is 15.6. The van der Waals surface area contributed by atoms with E-state index >= 15 is 0 Å². The molecule has 28 heavy (non-hydrogen) atoms. The molecule has 10 heteroatoms. The highest BCUT2D eigenvalue weighted by Gasteiger charge is 2.60. The number of hydrogen-bond donors (Lipinski definition) is 3. The van der Waals surface area contributed by atoms with Gasteiger partial charge in [-0.1, -0.05) is 6.92 Å². The van der Waals surface area contributed by atoms with E-state index in [9.17, 15) is 24.3 Å². The number of likely N-dealkylation sites (N-methyl/N-ethyl adjacent to an activating group) is 1. The number of rotatable bonds is 7. The summed E-state index contributed by atoms with van der Waals surface area (Å²) >= 11 is 1.45. The molecule has 154 valence electrons. The van der Waals surface area contributed by atoms with Gasteiger partial charge in [0.2, 0.25) is 18.2 Å². The van der Waals surface area contributed by atoms with Crippen LogP contribution in [0.4, 0.5) is 0 Å². The minimum absolute atomic E-state index is 0.00262. The van der Waals surface area contributed by atoms with Crippen LogP contribution in [-0.4, -0.2) is 83.1 Å². The molecule has 0 saturated carbocycles. The molecule has 3 N–H and O–H groups in total.